The van der Waals surface area contributed by atoms with Gasteiger partial charge in [0.25, 0.3) is 17.7 Å². The van der Waals surface area contributed by atoms with Gasteiger partial charge in [0, 0.05) is 102 Å². The van der Waals surface area contributed by atoms with Gasteiger partial charge in [0.05, 0.1) is 23.3 Å². The second-order valence-corrected chi connectivity index (χ2v) is 18.1. The summed E-state index contributed by atoms with van der Waals surface area (Å²) in [6.07, 6.45) is 17.2. The van der Waals surface area contributed by atoms with E-state index in [1.807, 2.05) is 34.1 Å². The van der Waals surface area contributed by atoms with Crippen LogP contribution in [0.25, 0.3) is 6.08 Å². The minimum Gasteiger partial charge on any atom is -0.493 e. The van der Waals surface area contributed by atoms with Gasteiger partial charge in [-0.05, 0) is 99.3 Å². The van der Waals surface area contributed by atoms with Gasteiger partial charge in [0.15, 0.2) is 0 Å². The molecular weight excluding hydrogens is 855 g/mol. The molecule has 2 N–H and O–H groups in total. The Hall–Kier alpha value is -6.49. The van der Waals surface area contributed by atoms with E-state index >= 15 is 0 Å². The fourth-order valence-electron chi connectivity index (χ4n) is 9.90. The fraction of sp³-hybridized carbons (Fsp3) is 0.500. The van der Waals surface area contributed by atoms with E-state index in [-0.39, 0.29) is 54.0 Å². The summed E-state index contributed by atoms with van der Waals surface area (Å²) in [7, 11) is 0. The van der Waals surface area contributed by atoms with Crippen molar-refractivity contribution in [1.82, 2.24) is 40.2 Å². The van der Waals surface area contributed by atoms with Gasteiger partial charge < -0.3 is 24.8 Å². The molecule has 0 bridgehead atoms. The van der Waals surface area contributed by atoms with Crippen molar-refractivity contribution < 1.29 is 38.3 Å². The van der Waals surface area contributed by atoms with Crippen LogP contribution in [0.4, 0.5) is 5.82 Å². The SMILES string of the molecule is O=C(/C=C/c1cccnc1)NCCCCC1CCN(C(=O)c2ccc(N3CCC(N4CCN(C(=O)CCCCOc5cccc6c5C(=O)N(C5CCC(=O)NC5=O)C6=O)CC4)CC3)nc2)CC1. The van der Waals surface area contributed by atoms with Gasteiger partial charge in [-0.25, -0.2) is 4.98 Å². The third-order valence-corrected chi connectivity index (χ3v) is 13.8. The van der Waals surface area contributed by atoms with Crippen LogP contribution < -0.4 is 20.3 Å². The zero-order valence-corrected chi connectivity index (χ0v) is 38.1. The molecule has 2 aromatic heterocycles. The summed E-state index contributed by atoms with van der Waals surface area (Å²) in [4.78, 5) is 108. The van der Waals surface area contributed by atoms with Crippen molar-refractivity contribution in [1.29, 1.82) is 0 Å². The number of carbonyl (C=O) groups is 7. The Bertz CT molecular complexity index is 2300. The van der Waals surface area contributed by atoms with Gasteiger partial charge in [0.2, 0.25) is 23.6 Å². The normalized spacial score (nSPS) is 19.8. The lowest BCUT2D eigenvalue weighted by Crippen LogP contribution is -2.54. The average molecular weight is 916 g/mol. The van der Waals surface area contributed by atoms with Crippen LogP contribution in [0.2, 0.25) is 0 Å². The van der Waals surface area contributed by atoms with E-state index < -0.39 is 29.7 Å². The molecule has 5 aliphatic heterocycles. The van der Waals surface area contributed by atoms with Crippen LogP contribution in [-0.2, 0) is 19.2 Å². The number of likely N-dealkylation sites (tertiary alicyclic amines) is 1. The molecule has 4 saturated heterocycles. The van der Waals surface area contributed by atoms with Gasteiger partial charge in [-0.15, -0.1) is 0 Å². The number of ether oxygens (including phenoxy) is 1. The van der Waals surface area contributed by atoms with Crippen LogP contribution in [0.3, 0.4) is 0 Å². The van der Waals surface area contributed by atoms with Crippen LogP contribution in [0.5, 0.6) is 5.75 Å². The molecule has 17 heteroatoms. The highest BCUT2D eigenvalue weighted by Crippen LogP contribution is 2.34. The molecule has 0 saturated carbocycles. The number of rotatable bonds is 17. The van der Waals surface area contributed by atoms with Gasteiger partial charge in [0.1, 0.15) is 17.6 Å². The topological polar surface area (TPSA) is 195 Å². The molecule has 17 nitrogen and oxygen atoms in total. The van der Waals surface area contributed by atoms with E-state index in [4.69, 9.17) is 9.72 Å². The number of nitrogens with one attached hydrogen (secondary N) is 2. The molecule has 67 heavy (non-hydrogen) atoms. The van der Waals surface area contributed by atoms with E-state index in [2.05, 4.69) is 25.4 Å². The predicted octanol–water partition coefficient (Wildman–Crippen LogP) is 4.09. The molecule has 8 rings (SSSR count). The maximum Gasteiger partial charge on any atom is 0.266 e. The number of nitrogens with zero attached hydrogens (tertiary/aromatic N) is 7. The Labute approximate surface area is 391 Å². The lowest BCUT2D eigenvalue weighted by molar-refractivity contribution is -0.136. The highest BCUT2D eigenvalue weighted by molar-refractivity contribution is 6.24. The molecule has 1 atom stereocenters. The third-order valence-electron chi connectivity index (χ3n) is 13.8. The zero-order chi connectivity index (χ0) is 46.7. The summed E-state index contributed by atoms with van der Waals surface area (Å²) in [5.41, 5.74) is 1.81. The zero-order valence-electron chi connectivity index (χ0n) is 38.1. The quantitative estimate of drug-likeness (QED) is 0.112. The molecule has 0 radical (unpaired) electrons. The average Bonchev–Trinajstić information content (AvgIpc) is 3.62. The summed E-state index contributed by atoms with van der Waals surface area (Å²) in [5.74, 6) is -0.477. The van der Waals surface area contributed by atoms with Crippen molar-refractivity contribution in [2.45, 2.75) is 89.1 Å². The number of pyridine rings is 2. The lowest BCUT2D eigenvalue weighted by atomic mass is 9.91. The number of unbranched alkanes of at least 4 members (excludes halogenated alkanes) is 2. The van der Waals surface area contributed by atoms with E-state index in [0.717, 1.165) is 100 Å². The fourth-order valence-corrected chi connectivity index (χ4v) is 9.90. The Morgan fingerprint density at radius 1 is 0.791 bits per heavy atom. The molecule has 5 aliphatic rings. The first-order valence-electron chi connectivity index (χ1n) is 24.0. The van der Waals surface area contributed by atoms with Crippen molar-refractivity contribution in [2.24, 2.45) is 5.92 Å². The van der Waals surface area contributed by atoms with E-state index in [1.54, 1.807) is 42.9 Å². The first-order valence-corrected chi connectivity index (χ1v) is 24.0. The minimum absolute atomic E-state index is 0.0388. The molecular formula is C50H61N9O8. The Kier molecular flexibility index (Phi) is 15.7. The van der Waals surface area contributed by atoms with Crippen molar-refractivity contribution in [3.63, 3.8) is 0 Å². The second-order valence-electron chi connectivity index (χ2n) is 18.1. The third kappa shape index (κ3) is 11.7. The van der Waals surface area contributed by atoms with Crippen molar-refractivity contribution in [3.05, 3.63) is 89.4 Å². The summed E-state index contributed by atoms with van der Waals surface area (Å²) in [6, 6.07) is 11.8. The van der Waals surface area contributed by atoms with Crippen molar-refractivity contribution in [2.75, 3.05) is 70.4 Å². The van der Waals surface area contributed by atoms with Crippen LogP contribution in [-0.4, -0.2) is 149 Å². The molecule has 1 aromatic carbocycles. The molecule has 1 unspecified atom stereocenters. The first kappa shape index (κ1) is 47.0. The minimum atomic E-state index is -1.04. The van der Waals surface area contributed by atoms with Gasteiger partial charge in [-0.2, -0.15) is 0 Å². The highest BCUT2D eigenvalue weighted by Gasteiger charge is 2.46. The first-order chi connectivity index (χ1) is 32.6. The highest BCUT2D eigenvalue weighted by atomic mass is 16.5. The van der Waals surface area contributed by atoms with Crippen molar-refractivity contribution in [3.8, 4) is 5.75 Å². The monoisotopic (exact) mass is 915 g/mol. The second kappa shape index (κ2) is 22.3. The van der Waals surface area contributed by atoms with Crippen molar-refractivity contribution >= 4 is 53.2 Å². The van der Waals surface area contributed by atoms with Crippen LogP contribution in [0, 0.1) is 5.92 Å². The smallest absolute Gasteiger partial charge is 0.266 e. The van der Waals surface area contributed by atoms with Crippen LogP contribution in [0.15, 0.2) is 67.1 Å². The summed E-state index contributed by atoms with van der Waals surface area (Å²) < 4.78 is 5.94. The summed E-state index contributed by atoms with van der Waals surface area (Å²) in [5, 5.41) is 5.16. The number of aromatic nitrogens is 2. The Morgan fingerprint density at radius 3 is 2.33 bits per heavy atom. The standard InChI is InChI=1S/C50H61N9O8/c60-43(16-12-36-8-6-22-51-33-36)52-23-3-1-7-35-18-24-58(25-19-35)48(64)37-13-15-42(53-34-37)56-26-20-38(21-27-56)55-28-30-57(31-29-55)45(62)11-2-4-32-67-41-10-5-9-39-46(41)50(66)59(49(39)65)40-14-17-44(61)54-47(40)63/h5-6,8-10,12-13,15-16,22,33-35,38,40H,1-4,7,11,14,17-21,23-32H2,(H,52,60)(H,54,61,63)/b16-12+. The van der Waals surface area contributed by atoms with Gasteiger partial charge >= 0.3 is 0 Å². The summed E-state index contributed by atoms with van der Waals surface area (Å²) >= 11 is 0. The molecule has 7 amide bonds. The number of piperidine rings is 3. The molecule has 7 heterocycles. The van der Waals surface area contributed by atoms with Crippen LogP contribution in [0.1, 0.15) is 114 Å². The predicted molar refractivity (Wildman–Crippen MR) is 249 cm³/mol. The number of imide groups is 2. The number of hydrogen-bond acceptors (Lipinski definition) is 12. The number of fused-ring (bicyclic) bond motifs is 1. The molecule has 4 fully saturated rings. The molecule has 3 aromatic rings. The van der Waals surface area contributed by atoms with E-state index in [0.29, 0.717) is 56.4 Å². The number of amides is 7. The molecule has 0 spiro atoms. The number of anilines is 1. The number of benzene rings is 1. The lowest BCUT2D eigenvalue weighted by Gasteiger charge is -2.43. The molecule has 0 aliphatic carbocycles. The largest absolute Gasteiger partial charge is 0.493 e. The maximum absolute atomic E-state index is 13.4. The van der Waals surface area contributed by atoms with Crippen LogP contribution >= 0.6 is 0 Å². The Morgan fingerprint density at radius 2 is 1.60 bits per heavy atom. The van der Waals surface area contributed by atoms with Gasteiger partial charge in [-0.1, -0.05) is 25.0 Å². The van der Waals surface area contributed by atoms with Gasteiger partial charge in [-0.3, -0.25) is 53.7 Å². The van der Waals surface area contributed by atoms with E-state index in [9.17, 15) is 33.6 Å². The number of piperazine rings is 1. The number of hydrogen-bond donors (Lipinski definition) is 2. The summed E-state index contributed by atoms with van der Waals surface area (Å²) in [6.45, 7) is 7.20. The van der Waals surface area contributed by atoms with E-state index in [1.165, 1.54) is 6.07 Å². The number of carbonyl (C=O) groups excluding carboxylic acids is 7. The maximum atomic E-state index is 13.4. The molecule has 354 valence electrons. The Balaban J connectivity index is 0.678.